The normalized spacial score (nSPS) is 12.5. The molecule has 3 nitrogen and oxygen atoms in total. The first-order chi connectivity index (χ1) is 9.08. The third kappa shape index (κ3) is 5.88. The van der Waals surface area contributed by atoms with Crippen LogP contribution in [-0.4, -0.2) is 32.9 Å². The zero-order valence-electron chi connectivity index (χ0n) is 11.0. The maximum atomic E-state index is 6.13. The summed E-state index contributed by atoms with van der Waals surface area (Å²) < 4.78 is 11.7. The van der Waals surface area contributed by atoms with Gasteiger partial charge in [0.1, 0.15) is 11.9 Å². The zero-order valence-corrected chi connectivity index (χ0v) is 14.1. The quantitative estimate of drug-likeness (QED) is 0.550. The first-order valence-corrected chi connectivity index (χ1v) is 7.64. The van der Waals surface area contributed by atoms with E-state index in [0.29, 0.717) is 28.9 Å². The first kappa shape index (κ1) is 17.1. The Bertz CT molecular complexity index is 404. The molecule has 6 heteroatoms. The van der Waals surface area contributed by atoms with E-state index in [1.165, 1.54) is 0 Å². The van der Waals surface area contributed by atoms with Crippen molar-refractivity contribution in [1.29, 1.82) is 0 Å². The lowest BCUT2D eigenvalue weighted by atomic mass is 10.3. The molecule has 0 aromatic heterocycles. The van der Waals surface area contributed by atoms with Gasteiger partial charge in [0.15, 0.2) is 0 Å². The van der Waals surface area contributed by atoms with Gasteiger partial charge in [0.05, 0.1) is 16.7 Å². The van der Waals surface area contributed by atoms with E-state index in [2.05, 4.69) is 28.2 Å². The summed E-state index contributed by atoms with van der Waals surface area (Å²) in [6.07, 6.45) is 0.969. The van der Waals surface area contributed by atoms with Crippen molar-refractivity contribution >= 4 is 39.1 Å². The van der Waals surface area contributed by atoms with Gasteiger partial charge >= 0.3 is 0 Å². The van der Waals surface area contributed by atoms with E-state index in [-0.39, 0.29) is 6.10 Å². The van der Waals surface area contributed by atoms with Gasteiger partial charge in [0, 0.05) is 24.2 Å². The molecule has 1 atom stereocenters. The smallest absolute Gasteiger partial charge is 0.140 e. The van der Waals surface area contributed by atoms with Crippen LogP contribution in [0, 0.1) is 0 Å². The van der Waals surface area contributed by atoms with Crippen LogP contribution in [0.25, 0.3) is 0 Å². The molecule has 0 bridgehead atoms. The van der Waals surface area contributed by atoms with E-state index in [1.807, 2.05) is 0 Å². The lowest BCUT2D eigenvalue weighted by molar-refractivity contribution is 0.0808. The number of rotatable bonds is 8. The molecule has 1 unspecified atom stereocenters. The molecule has 0 aliphatic heterocycles. The SMILES string of the molecule is CCCNCC(COC)Oc1cc(Cl)c(Br)cc1Cl. The Labute approximate surface area is 132 Å². The monoisotopic (exact) mass is 369 g/mol. The van der Waals surface area contributed by atoms with Crippen LogP contribution in [0.4, 0.5) is 0 Å². The molecule has 0 spiro atoms. The topological polar surface area (TPSA) is 30.5 Å². The Balaban J connectivity index is 2.69. The average molecular weight is 371 g/mol. The summed E-state index contributed by atoms with van der Waals surface area (Å²) in [7, 11) is 1.65. The molecule has 1 N–H and O–H groups in total. The van der Waals surface area contributed by atoms with Crippen LogP contribution in [0.1, 0.15) is 13.3 Å². The minimum absolute atomic E-state index is 0.105. The van der Waals surface area contributed by atoms with Crippen molar-refractivity contribution in [2.24, 2.45) is 0 Å². The molecule has 0 heterocycles. The summed E-state index contributed by atoms with van der Waals surface area (Å²) in [6.45, 7) is 4.25. The van der Waals surface area contributed by atoms with Gasteiger partial charge < -0.3 is 14.8 Å². The highest BCUT2D eigenvalue weighted by molar-refractivity contribution is 9.10. The van der Waals surface area contributed by atoms with E-state index in [9.17, 15) is 0 Å². The fourth-order valence-electron chi connectivity index (χ4n) is 1.53. The average Bonchev–Trinajstić information content (AvgIpc) is 2.36. The Morgan fingerprint density at radius 1 is 1.32 bits per heavy atom. The van der Waals surface area contributed by atoms with Gasteiger partial charge in [-0.1, -0.05) is 30.1 Å². The van der Waals surface area contributed by atoms with Crippen molar-refractivity contribution < 1.29 is 9.47 Å². The molecule has 0 radical (unpaired) electrons. The highest BCUT2D eigenvalue weighted by atomic mass is 79.9. The van der Waals surface area contributed by atoms with Crippen molar-refractivity contribution in [2.75, 3.05) is 26.8 Å². The van der Waals surface area contributed by atoms with Gasteiger partial charge in [0.25, 0.3) is 0 Å². The molecule has 0 aliphatic carbocycles. The highest BCUT2D eigenvalue weighted by Crippen LogP contribution is 2.34. The number of nitrogens with one attached hydrogen (secondary N) is 1. The molecule has 108 valence electrons. The van der Waals surface area contributed by atoms with E-state index in [0.717, 1.165) is 17.4 Å². The fourth-order valence-corrected chi connectivity index (χ4v) is 2.37. The molecule has 1 rings (SSSR count). The van der Waals surface area contributed by atoms with Gasteiger partial charge in [0.2, 0.25) is 0 Å². The van der Waals surface area contributed by atoms with Gasteiger partial charge in [-0.15, -0.1) is 0 Å². The molecule has 0 saturated heterocycles. The van der Waals surface area contributed by atoms with Crippen LogP contribution in [-0.2, 0) is 4.74 Å². The van der Waals surface area contributed by atoms with Crippen LogP contribution in [0.2, 0.25) is 10.0 Å². The van der Waals surface area contributed by atoms with Crippen LogP contribution in [0.3, 0.4) is 0 Å². The molecular formula is C13H18BrCl2NO2. The number of hydrogen-bond donors (Lipinski definition) is 1. The van der Waals surface area contributed by atoms with Gasteiger partial charge in [-0.25, -0.2) is 0 Å². The Morgan fingerprint density at radius 2 is 2.05 bits per heavy atom. The molecule has 19 heavy (non-hydrogen) atoms. The second-order valence-electron chi connectivity index (χ2n) is 4.10. The maximum absolute atomic E-state index is 6.13. The van der Waals surface area contributed by atoms with Crippen molar-refractivity contribution in [3.8, 4) is 5.75 Å². The third-order valence-corrected chi connectivity index (χ3v) is 3.91. The Hall–Kier alpha value is -0.0000000000000000555. The second-order valence-corrected chi connectivity index (χ2v) is 5.76. The molecule has 0 amide bonds. The van der Waals surface area contributed by atoms with E-state index >= 15 is 0 Å². The molecule has 0 aliphatic rings. The summed E-state index contributed by atoms with van der Waals surface area (Å²) >= 11 is 15.5. The second kappa shape index (κ2) is 9.03. The van der Waals surface area contributed by atoms with Crippen molar-refractivity contribution in [3.63, 3.8) is 0 Å². The summed E-state index contributed by atoms with van der Waals surface area (Å²) in [5.41, 5.74) is 0. The summed E-state index contributed by atoms with van der Waals surface area (Å²) in [5.74, 6) is 0.565. The molecule has 1 aromatic carbocycles. The van der Waals surface area contributed by atoms with Crippen molar-refractivity contribution in [3.05, 3.63) is 26.7 Å². The number of methoxy groups -OCH3 is 1. The van der Waals surface area contributed by atoms with Gasteiger partial charge in [-0.2, -0.15) is 0 Å². The maximum Gasteiger partial charge on any atom is 0.140 e. The van der Waals surface area contributed by atoms with Crippen molar-refractivity contribution in [1.82, 2.24) is 5.32 Å². The molecule has 0 saturated carbocycles. The minimum atomic E-state index is -0.105. The lowest BCUT2D eigenvalue weighted by Gasteiger charge is -2.20. The Kier molecular flexibility index (Phi) is 8.11. The highest BCUT2D eigenvalue weighted by Gasteiger charge is 2.14. The summed E-state index contributed by atoms with van der Waals surface area (Å²) in [5, 5.41) is 4.38. The van der Waals surface area contributed by atoms with Crippen LogP contribution < -0.4 is 10.1 Å². The third-order valence-electron chi connectivity index (χ3n) is 2.42. The number of ether oxygens (including phenoxy) is 2. The summed E-state index contributed by atoms with van der Waals surface area (Å²) in [4.78, 5) is 0. The lowest BCUT2D eigenvalue weighted by Crippen LogP contribution is -2.35. The molecular weight excluding hydrogens is 353 g/mol. The zero-order chi connectivity index (χ0) is 14.3. The predicted molar refractivity (Wildman–Crippen MR) is 83.6 cm³/mol. The minimum Gasteiger partial charge on any atom is -0.485 e. The van der Waals surface area contributed by atoms with E-state index in [4.69, 9.17) is 32.7 Å². The first-order valence-electron chi connectivity index (χ1n) is 6.09. The fraction of sp³-hybridized carbons (Fsp3) is 0.538. The van der Waals surface area contributed by atoms with Gasteiger partial charge in [-0.05, 0) is 35.0 Å². The van der Waals surface area contributed by atoms with Crippen LogP contribution in [0.15, 0.2) is 16.6 Å². The summed E-state index contributed by atoms with van der Waals surface area (Å²) in [6, 6.07) is 3.43. The standard InChI is InChI=1S/C13H18BrCl2NO2/c1-3-4-17-7-9(8-18-2)19-13-6-11(15)10(14)5-12(13)16/h5-6,9,17H,3-4,7-8H2,1-2H3. The largest absolute Gasteiger partial charge is 0.485 e. The van der Waals surface area contributed by atoms with Gasteiger partial charge in [-0.3, -0.25) is 0 Å². The number of hydrogen-bond acceptors (Lipinski definition) is 3. The predicted octanol–water partition coefficient (Wildman–Crippen LogP) is 4.15. The molecule has 0 fully saturated rings. The van der Waals surface area contributed by atoms with Crippen LogP contribution in [0.5, 0.6) is 5.75 Å². The number of benzene rings is 1. The number of halogens is 3. The van der Waals surface area contributed by atoms with E-state index < -0.39 is 0 Å². The van der Waals surface area contributed by atoms with Crippen molar-refractivity contribution in [2.45, 2.75) is 19.4 Å². The Morgan fingerprint density at radius 3 is 2.68 bits per heavy atom. The van der Waals surface area contributed by atoms with E-state index in [1.54, 1.807) is 19.2 Å². The molecule has 1 aromatic rings. The van der Waals surface area contributed by atoms with Crippen LogP contribution >= 0.6 is 39.1 Å².